The van der Waals surface area contributed by atoms with E-state index in [1.54, 1.807) is 24.4 Å². The summed E-state index contributed by atoms with van der Waals surface area (Å²) in [6.45, 7) is 3.69. The van der Waals surface area contributed by atoms with E-state index in [4.69, 9.17) is 11.6 Å². The first-order valence-electron chi connectivity index (χ1n) is 7.74. The fourth-order valence-corrected chi connectivity index (χ4v) is 2.33. The molecule has 128 valence electrons. The number of aryl methyl sites for hydroxylation is 1. The van der Waals surface area contributed by atoms with Crippen LogP contribution in [0.4, 0.5) is 11.5 Å². The lowest BCUT2D eigenvalue weighted by Crippen LogP contribution is -2.17. The van der Waals surface area contributed by atoms with Crippen LogP contribution in [0.15, 0.2) is 30.6 Å². The van der Waals surface area contributed by atoms with E-state index in [0.29, 0.717) is 16.5 Å². The maximum atomic E-state index is 12.2. The molecule has 0 bridgehead atoms. The Morgan fingerprint density at radius 2 is 2.04 bits per heavy atom. The van der Waals surface area contributed by atoms with E-state index in [1.807, 2.05) is 21.0 Å². The van der Waals surface area contributed by atoms with Crippen molar-refractivity contribution in [1.29, 1.82) is 0 Å². The van der Waals surface area contributed by atoms with Gasteiger partial charge in [-0.2, -0.15) is 0 Å². The first-order chi connectivity index (χ1) is 11.5. The Balaban J connectivity index is 1.91. The summed E-state index contributed by atoms with van der Waals surface area (Å²) in [4.78, 5) is 22.7. The molecule has 2 rings (SSSR count). The number of hydrogen-bond donors (Lipinski definition) is 2. The van der Waals surface area contributed by atoms with Gasteiger partial charge < -0.3 is 15.5 Å². The average molecular weight is 348 g/mol. The Labute approximate surface area is 147 Å². The van der Waals surface area contributed by atoms with E-state index in [-0.39, 0.29) is 11.6 Å². The van der Waals surface area contributed by atoms with Crippen molar-refractivity contribution in [2.75, 3.05) is 37.8 Å². The standard InChI is InChI=1S/C17H22ClN5O/c1-12-9-13(18)5-6-14(12)22-17(24)15-10-21-16(11-20-15)19-7-4-8-23(2)3/h5-6,9-11H,4,7-8H2,1-3H3,(H,19,21)(H,22,24). The molecule has 1 aromatic heterocycles. The molecule has 0 radical (unpaired) electrons. The van der Waals surface area contributed by atoms with Crippen LogP contribution in [-0.2, 0) is 0 Å². The van der Waals surface area contributed by atoms with Crippen LogP contribution in [0.25, 0.3) is 0 Å². The SMILES string of the molecule is Cc1cc(Cl)ccc1NC(=O)c1cnc(NCCCN(C)C)cn1. The minimum atomic E-state index is -0.299. The van der Waals surface area contributed by atoms with Crippen LogP contribution in [0, 0.1) is 6.92 Å². The van der Waals surface area contributed by atoms with E-state index >= 15 is 0 Å². The number of carbonyl (C=O) groups is 1. The molecule has 6 nitrogen and oxygen atoms in total. The number of aromatic nitrogens is 2. The summed E-state index contributed by atoms with van der Waals surface area (Å²) in [7, 11) is 4.07. The van der Waals surface area contributed by atoms with Crippen LogP contribution in [0.2, 0.25) is 5.02 Å². The zero-order chi connectivity index (χ0) is 17.5. The van der Waals surface area contributed by atoms with Gasteiger partial charge in [-0.3, -0.25) is 4.79 Å². The minimum Gasteiger partial charge on any atom is -0.369 e. The fraction of sp³-hybridized carbons (Fsp3) is 0.353. The summed E-state index contributed by atoms with van der Waals surface area (Å²) in [5, 5.41) is 6.63. The number of benzene rings is 1. The van der Waals surface area contributed by atoms with Gasteiger partial charge in [-0.1, -0.05) is 11.6 Å². The lowest BCUT2D eigenvalue weighted by atomic mass is 10.2. The molecular weight excluding hydrogens is 326 g/mol. The van der Waals surface area contributed by atoms with Gasteiger partial charge in [0.05, 0.1) is 12.4 Å². The van der Waals surface area contributed by atoms with Gasteiger partial charge in [-0.25, -0.2) is 9.97 Å². The highest BCUT2D eigenvalue weighted by Crippen LogP contribution is 2.20. The number of anilines is 2. The van der Waals surface area contributed by atoms with Gasteiger partial charge in [0, 0.05) is 17.3 Å². The Morgan fingerprint density at radius 1 is 1.25 bits per heavy atom. The van der Waals surface area contributed by atoms with Gasteiger partial charge in [0.1, 0.15) is 11.5 Å². The maximum Gasteiger partial charge on any atom is 0.275 e. The number of amides is 1. The molecule has 0 aliphatic rings. The zero-order valence-electron chi connectivity index (χ0n) is 14.1. The number of rotatable bonds is 7. The molecule has 0 fully saturated rings. The van der Waals surface area contributed by atoms with E-state index in [9.17, 15) is 4.79 Å². The van der Waals surface area contributed by atoms with Gasteiger partial charge >= 0.3 is 0 Å². The topological polar surface area (TPSA) is 70.2 Å². The van der Waals surface area contributed by atoms with Crippen molar-refractivity contribution < 1.29 is 4.79 Å². The van der Waals surface area contributed by atoms with E-state index in [1.165, 1.54) is 6.20 Å². The van der Waals surface area contributed by atoms with Gasteiger partial charge in [-0.15, -0.1) is 0 Å². The van der Waals surface area contributed by atoms with Crippen molar-refractivity contribution in [3.63, 3.8) is 0 Å². The number of nitrogens with zero attached hydrogens (tertiary/aromatic N) is 3. The lowest BCUT2D eigenvalue weighted by Gasteiger charge is -2.10. The van der Waals surface area contributed by atoms with Gasteiger partial charge in [-0.05, 0) is 57.7 Å². The first-order valence-corrected chi connectivity index (χ1v) is 8.11. The summed E-state index contributed by atoms with van der Waals surface area (Å²) in [6, 6.07) is 5.30. The zero-order valence-corrected chi connectivity index (χ0v) is 14.9. The Bertz CT molecular complexity index is 688. The molecule has 0 spiro atoms. The predicted octanol–water partition coefficient (Wildman–Crippen LogP) is 3.05. The third-order valence-electron chi connectivity index (χ3n) is 3.41. The second-order valence-corrected chi connectivity index (χ2v) is 6.22. The lowest BCUT2D eigenvalue weighted by molar-refractivity contribution is 0.102. The molecule has 2 N–H and O–H groups in total. The van der Waals surface area contributed by atoms with Gasteiger partial charge in [0.2, 0.25) is 0 Å². The second kappa shape index (κ2) is 8.61. The van der Waals surface area contributed by atoms with Crippen molar-refractivity contribution in [3.8, 4) is 0 Å². The molecule has 0 saturated carbocycles. The normalized spacial score (nSPS) is 10.7. The van der Waals surface area contributed by atoms with Crippen LogP contribution in [-0.4, -0.2) is 48.0 Å². The van der Waals surface area contributed by atoms with E-state index in [0.717, 1.165) is 25.1 Å². The van der Waals surface area contributed by atoms with Crippen molar-refractivity contribution in [1.82, 2.24) is 14.9 Å². The molecule has 7 heteroatoms. The largest absolute Gasteiger partial charge is 0.369 e. The Hall–Kier alpha value is -2.18. The number of halogens is 1. The molecule has 1 amide bonds. The molecule has 0 unspecified atom stereocenters. The van der Waals surface area contributed by atoms with Crippen LogP contribution >= 0.6 is 11.6 Å². The number of nitrogens with one attached hydrogen (secondary N) is 2. The van der Waals surface area contributed by atoms with Crippen LogP contribution in [0.3, 0.4) is 0 Å². The van der Waals surface area contributed by atoms with Crippen molar-refractivity contribution >= 4 is 29.0 Å². The first kappa shape index (κ1) is 18.2. The van der Waals surface area contributed by atoms with Crippen LogP contribution in [0.5, 0.6) is 0 Å². The highest BCUT2D eigenvalue weighted by Gasteiger charge is 2.10. The molecule has 0 atom stereocenters. The summed E-state index contributed by atoms with van der Waals surface area (Å²) < 4.78 is 0. The number of carbonyl (C=O) groups excluding carboxylic acids is 1. The molecule has 1 heterocycles. The quantitative estimate of drug-likeness (QED) is 0.753. The molecule has 0 saturated heterocycles. The fourth-order valence-electron chi connectivity index (χ4n) is 2.10. The van der Waals surface area contributed by atoms with Crippen molar-refractivity contribution in [2.45, 2.75) is 13.3 Å². The molecular formula is C17H22ClN5O. The summed E-state index contributed by atoms with van der Waals surface area (Å²) in [5.41, 5.74) is 1.86. The summed E-state index contributed by atoms with van der Waals surface area (Å²) in [6.07, 6.45) is 4.04. The van der Waals surface area contributed by atoms with E-state index < -0.39 is 0 Å². The van der Waals surface area contributed by atoms with Crippen LogP contribution in [0.1, 0.15) is 22.5 Å². The monoisotopic (exact) mass is 347 g/mol. The Kier molecular flexibility index (Phi) is 6.52. The third-order valence-corrected chi connectivity index (χ3v) is 3.64. The molecule has 0 aliphatic heterocycles. The second-order valence-electron chi connectivity index (χ2n) is 5.78. The highest BCUT2D eigenvalue weighted by atomic mass is 35.5. The maximum absolute atomic E-state index is 12.2. The molecule has 24 heavy (non-hydrogen) atoms. The predicted molar refractivity (Wildman–Crippen MR) is 97.8 cm³/mol. The number of hydrogen-bond acceptors (Lipinski definition) is 5. The molecule has 0 aliphatic carbocycles. The van der Waals surface area contributed by atoms with Crippen molar-refractivity contribution in [3.05, 3.63) is 46.9 Å². The third kappa shape index (κ3) is 5.47. The molecule has 1 aromatic carbocycles. The highest BCUT2D eigenvalue weighted by molar-refractivity contribution is 6.30. The Morgan fingerprint density at radius 3 is 2.67 bits per heavy atom. The summed E-state index contributed by atoms with van der Waals surface area (Å²) >= 11 is 5.91. The van der Waals surface area contributed by atoms with Crippen molar-refractivity contribution in [2.24, 2.45) is 0 Å². The summed E-state index contributed by atoms with van der Waals surface area (Å²) in [5.74, 6) is 0.361. The smallest absolute Gasteiger partial charge is 0.275 e. The average Bonchev–Trinajstić information content (AvgIpc) is 2.54. The minimum absolute atomic E-state index is 0.267. The van der Waals surface area contributed by atoms with E-state index in [2.05, 4.69) is 25.5 Å². The van der Waals surface area contributed by atoms with Gasteiger partial charge in [0.15, 0.2) is 0 Å². The molecule has 2 aromatic rings. The van der Waals surface area contributed by atoms with Gasteiger partial charge in [0.25, 0.3) is 5.91 Å². The van der Waals surface area contributed by atoms with Crippen LogP contribution < -0.4 is 10.6 Å².